The van der Waals surface area contributed by atoms with Gasteiger partial charge in [-0.25, -0.2) is 9.37 Å². The molecule has 1 aromatic carbocycles. The first kappa shape index (κ1) is 12.4. The molecule has 0 fully saturated rings. The highest BCUT2D eigenvalue weighted by atomic mass is 19.1. The first-order valence-corrected chi connectivity index (χ1v) is 5.78. The number of aromatic nitrogens is 2. The monoisotopic (exact) mass is 249 g/mol. The molecule has 0 radical (unpaired) electrons. The van der Waals surface area contributed by atoms with E-state index in [0.717, 1.165) is 0 Å². The number of hydrogen-bond donors (Lipinski definition) is 1. The lowest BCUT2D eigenvalue weighted by Gasteiger charge is -2.14. The molecule has 96 valence electrons. The van der Waals surface area contributed by atoms with Gasteiger partial charge in [0.05, 0.1) is 6.20 Å². The van der Waals surface area contributed by atoms with Crippen LogP contribution in [-0.4, -0.2) is 9.55 Å². The van der Waals surface area contributed by atoms with Crippen LogP contribution in [0.15, 0.2) is 30.5 Å². The summed E-state index contributed by atoms with van der Waals surface area (Å²) in [5, 5.41) is 0. The van der Waals surface area contributed by atoms with Gasteiger partial charge in [0.25, 0.3) is 0 Å². The van der Waals surface area contributed by atoms with Crippen LogP contribution < -0.4 is 10.5 Å². The average Bonchev–Trinajstić information content (AvgIpc) is 2.69. The molecule has 0 aliphatic heterocycles. The van der Waals surface area contributed by atoms with Crippen LogP contribution in [0.3, 0.4) is 0 Å². The van der Waals surface area contributed by atoms with E-state index in [1.165, 1.54) is 6.07 Å². The molecule has 0 spiro atoms. The number of rotatable bonds is 4. The molecule has 5 heteroatoms. The normalized spacial score (nSPS) is 10.9. The molecule has 0 atom stereocenters. The maximum atomic E-state index is 13.4. The molecule has 1 aromatic heterocycles. The van der Waals surface area contributed by atoms with Crippen molar-refractivity contribution in [2.24, 2.45) is 0 Å². The lowest BCUT2D eigenvalue weighted by Crippen LogP contribution is -2.11. The fourth-order valence-electron chi connectivity index (χ4n) is 1.82. The molecule has 2 rings (SSSR count). The first-order valence-electron chi connectivity index (χ1n) is 5.78. The number of ether oxygens (including phenoxy) is 1. The van der Waals surface area contributed by atoms with E-state index >= 15 is 0 Å². The van der Waals surface area contributed by atoms with E-state index in [2.05, 4.69) is 4.98 Å². The van der Waals surface area contributed by atoms with E-state index in [4.69, 9.17) is 10.5 Å². The van der Waals surface area contributed by atoms with Gasteiger partial charge in [0.2, 0.25) is 0 Å². The van der Waals surface area contributed by atoms with Gasteiger partial charge < -0.3 is 15.0 Å². The van der Waals surface area contributed by atoms with Crippen molar-refractivity contribution in [3.05, 3.63) is 42.1 Å². The van der Waals surface area contributed by atoms with Gasteiger partial charge in [-0.1, -0.05) is 12.1 Å². The van der Waals surface area contributed by atoms with Crippen molar-refractivity contribution in [2.45, 2.75) is 26.5 Å². The Hall–Kier alpha value is -2.04. The van der Waals surface area contributed by atoms with Gasteiger partial charge in [-0.15, -0.1) is 0 Å². The van der Waals surface area contributed by atoms with Gasteiger partial charge >= 0.3 is 0 Å². The van der Waals surface area contributed by atoms with E-state index in [0.29, 0.717) is 11.6 Å². The fraction of sp³-hybridized carbons (Fsp3) is 0.308. The molecular weight excluding hydrogens is 233 g/mol. The molecule has 1 heterocycles. The maximum Gasteiger partial charge on any atom is 0.165 e. The number of nitrogen functional groups attached to an aromatic ring is 1. The lowest BCUT2D eigenvalue weighted by atomic mass is 10.3. The zero-order valence-electron chi connectivity index (χ0n) is 10.4. The van der Waals surface area contributed by atoms with E-state index in [-0.39, 0.29) is 24.2 Å². The highest BCUT2D eigenvalue weighted by Crippen LogP contribution is 2.19. The summed E-state index contributed by atoms with van der Waals surface area (Å²) in [5.74, 6) is 1.10. The third-order valence-electron chi connectivity index (χ3n) is 2.61. The molecule has 0 aliphatic rings. The van der Waals surface area contributed by atoms with Crippen molar-refractivity contribution >= 4 is 5.82 Å². The Bertz CT molecular complexity index is 537. The quantitative estimate of drug-likeness (QED) is 0.906. The van der Waals surface area contributed by atoms with Crippen LogP contribution in [0.2, 0.25) is 0 Å². The SMILES string of the molecule is CC(C)n1c(N)cnc1COc1ccccc1F. The van der Waals surface area contributed by atoms with Gasteiger partial charge in [0.15, 0.2) is 11.6 Å². The summed E-state index contributed by atoms with van der Waals surface area (Å²) in [7, 11) is 0. The molecule has 0 unspecified atom stereocenters. The van der Waals surface area contributed by atoms with E-state index in [9.17, 15) is 4.39 Å². The minimum atomic E-state index is -0.381. The molecule has 2 aromatic rings. The highest BCUT2D eigenvalue weighted by Gasteiger charge is 2.11. The lowest BCUT2D eigenvalue weighted by molar-refractivity contribution is 0.273. The van der Waals surface area contributed by atoms with Crippen LogP contribution >= 0.6 is 0 Å². The molecule has 0 saturated carbocycles. The fourth-order valence-corrected chi connectivity index (χ4v) is 1.82. The first-order chi connectivity index (χ1) is 8.59. The second-order valence-electron chi connectivity index (χ2n) is 4.28. The molecule has 0 aliphatic carbocycles. The number of benzene rings is 1. The molecule has 0 bridgehead atoms. The van der Waals surface area contributed by atoms with Crippen LogP contribution in [0, 0.1) is 5.82 Å². The summed E-state index contributed by atoms with van der Waals surface area (Å²) >= 11 is 0. The number of nitrogens with two attached hydrogens (primary N) is 1. The van der Waals surface area contributed by atoms with Crippen LogP contribution in [-0.2, 0) is 6.61 Å². The van der Waals surface area contributed by atoms with Crippen LogP contribution in [0.1, 0.15) is 25.7 Å². The Morgan fingerprint density at radius 1 is 1.39 bits per heavy atom. The third kappa shape index (κ3) is 2.45. The van der Waals surface area contributed by atoms with Gasteiger partial charge in [0.1, 0.15) is 18.2 Å². The van der Waals surface area contributed by atoms with Crippen molar-refractivity contribution in [1.29, 1.82) is 0 Å². The zero-order chi connectivity index (χ0) is 13.1. The van der Waals surface area contributed by atoms with Gasteiger partial charge in [0, 0.05) is 6.04 Å². The van der Waals surface area contributed by atoms with Crippen molar-refractivity contribution < 1.29 is 9.13 Å². The molecule has 2 N–H and O–H groups in total. The Morgan fingerprint density at radius 3 is 2.78 bits per heavy atom. The maximum absolute atomic E-state index is 13.4. The van der Waals surface area contributed by atoms with Crippen molar-refractivity contribution in [2.75, 3.05) is 5.73 Å². The van der Waals surface area contributed by atoms with E-state index in [1.807, 2.05) is 18.4 Å². The molecular formula is C13H16FN3O. The number of imidazole rings is 1. The molecule has 0 saturated heterocycles. The predicted molar refractivity (Wildman–Crippen MR) is 67.8 cm³/mol. The van der Waals surface area contributed by atoms with E-state index < -0.39 is 0 Å². The van der Waals surface area contributed by atoms with E-state index in [1.54, 1.807) is 24.4 Å². The molecule has 0 amide bonds. The Labute approximate surface area is 105 Å². The number of anilines is 1. The number of hydrogen-bond acceptors (Lipinski definition) is 3. The average molecular weight is 249 g/mol. The van der Waals surface area contributed by atoms with Crippen LogP contribution in [0.25, 0.3) is 0 Å². The van der Waals surface area contributed by atoms with Crippen LogP contribution in [0.4, 0.5) is 10.2 Å². The Morgan fingerprint density at radius 2 is 2.11 bits per heavy atom. The summed E-state index contributed by atoms with van der Waals surface area (Å²) in [6.45, 7) is 4.20. The Kier molecular flexibility index (Phi) is 3.50. The number of nitrogens with zero attached hydrogens (tertiary/aromatic N) is 2. The predicted octanol–water partition coefficient (Wildman–Crippen LogP) is 2.76. The van der Waals surface area contributed by atoms with Crippen molar-refractivity contribution in [1.82, 2.24) is 9.55 Å². The van der Waals surface area contributed by atoms with Crippen molar-refractivity contribution in [3.63, 3.8) is 0 Å². The van der Waals surface area contributed by atoms with Gasteiger partial charge in [-0.05, 0) is 26.0 Å². The van der Waals surface area contributed by atoms with Gasteiger partial charge in [-0.3, -0.25) is 0 Å². The minimum absolute atomic E-state index is 0.187. The summed E-state index contributed by atoms with van der Waals surface area (Å²) in [6.07, 6.45) is 1.58. The minimum Gasteiger partial charge on any atom is -0.483 e. The summed E-state index contributed by atoms with van der Waals surface area (Å²) in [4.78, 5) is 4.17. The summed E-state index contributed by atoms with van der Waals surface area (Å²) in [5.41, 5.74) is 5.81. The number of para-hydroxylation sites is 1. The van der Waals surface area contributed by atoms with Gasteiger partial charge in [-0.2, -0.15) is 0 Å². The molecule has 4 nitrogen and oxygen atoms in total. The van der Waals surface area contributed by atoms with Crippen LogP contribution in [0.5, 0.6) is 5.75 Å². The van der Waals surface area contributed by atoms with Crippen molar-refractivity contribution in [3.8, 4) is 5.75 Å². The zero-order valence-corrected chi connectivity index (χ0v) is 10.4. The smallest absolute Gasteiger partial charge is 0.165 e. The summed E-state index contributed by atoms with van der Waals surface area (Å²) in [6, 6.07) is 6.48. The number of halogens is 1. The topological polar surface area (TPSA) is 53.1 Å². The third-order valence-corrected chi connectivity index (χ3v) is 2.61. The summed E-state index contributed by atoms with van der Waals surface area (Å²) < 4.78 is 20.7. The highest BCUT2D eigenvalue weighted by molar-refractivity contribution is 5.29. The second kappa shape index (κ2) is 5.08. The standard InChI is InChI=1S/C13H16FN3O/c1-9(2)17-12(15)7-16-13(17)8-18-11-6-4-3-5-10(11)14/h3-7,9H,8,15H2,1-2H3. The Balaban J connectivity index is 2.14. The second-order valence-corrected chi connectivity index (χ2v) is 4.28. The largest absolute Gasteiger partial charge is 0.483 e. The molecule has 18 heavy (non-hydrogen) atoms.